The van der Waals surface area contributed by atoms with Crippen LogP contribution in [0, 0.1) is 0 Å². The maximum absolute atomic E-state index is 11.0. The Balaban J connectivity index is 2.35. The van der Waals surface area contributed by atoms with E-state index < -0.39 is 5.97 Å². The summed E-state index contributed by atoms with van der Waals surface area (Å²) >= 11 is 5.74. The lowest BCUT2D eigenvalue weighted by molar-refractivity contribution is 0.0698. The monoisotopic (exact) mass is 260 g/mol. The molecule has 2 rings (SSSR count). The van der Waals surface area contributed by atoms with E-state index in [4.69, 9.17) is 16.7 Å². The molecule has 2 aromatic rings. The van der Waals surface area contributed by atoms with E-state index in [9.17, 15) is 4.79 Å². The molecule has 0 aromatic heterocycles. The van der Waals surface area contributed by atoms with Crippen molar-refractivity contribution >= 4 is 28.9 Å². The van der Waals surface area contributed by atoms with Gasteiger partial charge in [-0.05, 0) is 30.3 Å². The van der Waals surface area contributed by atoms with E-state index in [1.54, 1.807) is 18.2 Å². The molecule has 0 unspecified atom stereocenters. The minimum absolute atomic E-state index is 0.0298. The number of hydrogen-bond acceptors (Lipinski definition) is 3. The van der Waals surface area contributed by atoms with Crippen LogP contribution in [0.4, 0.5) is 11.4 Å². The Morgan fingerprint density at radius 1 is 1.06 bits per heavy atom. The molecule has 0 radical (unpaired) electrons. The van der Waals surface area contributed by atoms with Crippen molar-refractivity contribution < 1.29 is 9.90 Å². The first-order valence-electron chi connectivity index (χ1n) is 5.16. The Morgan fingerprint density at radius 3 is 2.44 bits per heavy atom. The Labute approximate surface area is 109 Å². The number of hydrogen-bond donors (Lipinski definition) is 1. The van der Waals surface area contributed by atoms with Crippen LogP contribution in [0.15, 0.2) is 58.8 Å². The molecule has 18 heavy (non-hydrogen) atoms. The van der Waals surface area contributed by atoms with Gasteiger partial charge in [-0.2, -0.15) is 5.11 Å². The lowest BCUT2D eigenvalue weighted by Gasteiger charge is -2.00. The smallest absolute Gasteiger partial charge is 0.338 e. The third-order valence-electron chi connectivity index (χ3n) is 2.22. The van der Waals surface area contributed by atoms with Crippen LogP contribution in [0.3, 0.4) is 0 Å². The number of rotatable bonds is 3. The Morgan fingerprint density at radius 2 is 1.78 bits per heavy atom. The quantitative estimate of drug-likeness (QED) is 0.829. The second-order valence-electron chi connectivity index (χ2n) is 3.50. The number of halogens is 1. The number of carboxylic acids is 1. The zero-order chi connectivity index (χ0) is 13.0. The van der Waals surface area contributed by atoms with Crippen LogP contribution in [-0.4, -0.2) is 11.1 Å². The predicted octanol–water partition coefficient (Wildman–Crippen LogP) is 4.45. The minimum atomic E-state index is -1.08. The van der Waals surface area contributed by atoms with Gasteiger partial charge in [0.15, 0.2) is 0 Å². The highest BCUT2D eigenvalue weighted by atomic mass is 35.5. The number of nitrogens with zero attached hydrogens (tertiary/aromatic N) is 2. The molecule has 0 amide bonds. The molecule has 0 bridgehead atoms. The Hall–Kier alpha value is -2.20. The highest BCUT2D eigenvalue weighted by Gasteiger charge is 2.10. The molecule has 2 aromatic carbocycles. The lowest BCUT2D eigenvalue weighted by Crippen LogP contribution is -1.96. The molecule has 4 nitrogen and oxygen atoms in total. The molecule has 0 spiro atoms. The first-order chi connectivity index (χ1) is 8.66. The first kappa shape index (κ1) is 12.3. The van der Waals surface area contributed by atoms with Crippen molar-refractivity contribution in [2.75, 3.05) is 0 Å². The van der Waals surface area contributed by atoms with Gasteiger partial charge < -0.3 is 5.11 Å². The summed E-state index contributed by atoms with van der Waals surface area (Å²) in [5.41, 5.74) is 0.960. The van der Waals surface area contributed by atoms with Crippen molar-refractivity contribution in [3.05, 3.63) is 59.1 Å². The van der Waals surface area contributed by atoms with Crippen molar-refractivity contribution in [1.29, 1.82) is 0 Å². The molecule has 0 aliphatic carbocycles. The molecular weight excluding hydrogens is 252 g/mol. The van der Waals surface area contributed by atoms with Crippen molar-refractivity contribution in [1.82, 2.24) is 0 Å². The van der Waals surface area contributed by atoms with Crippen LogP contribution in [-0.2, 0) is 0 Å². The summed E-state index contributed by atoms with van der Waals surface area (Å²) in [5, 5.41) is 17.3. The summed E-state index contributed by atoms with van der Waals surface area (Å²) in [6.45, 7) is 0. The molecular formula is C13H9ClN2O2. The summed E-state index contributed by atoms with van der Waals surface area (Å²) in [6, 6.07) is 13.5. The third-order valence-corrected chi connectivity index (χ3v) is 2.45. The largest absolute Gasteiger partial charge is 0.478 e. The highest BCUT2D eigenvalue weighted by Crippen LogP contribution is 2.25. The van der Waals surface area contributed by atoms with Crippen LogP contribution >= 0.6 is 11.6 Å². The summed E-state index contributed by atoms with van der Waals surface area (Å²) in [4.78, 5) is 11.0. The van der Waals surface area contributed by atoms with Gasteiger partial charge in [0.1, 0.15) is 5.69 Å². The van der Waals surface area contributed by atoms with Crippen molar-refractivity contribution in [2.45, 2.75) is 0 Å². The van der Waals surface area contributed by atoms with Gasteiger partial charge in [-0.3, -0.25) is 0 Å². The average Bonchev–Trinajstić information content (AvgIpc) is 2.38. The van der Waals surface area contributed by atoms with E-state index >= 15 is 0 Å². The topological polar surface area (TPSA) is 62.0 Å². The molecule has 0 heterocycles. The fourth-order valence-electron chi connectivity index (χ4n) is 1.37. The second kappa shape index (κ2) is 5.42. The van der Waals surface area contributed by atoms with Gasteiger partial charge in [0, 0.05) is 5.02 Å². The molecule has 0 saturated heterocycles. The zero-order valence-electron chi connectivity index (χ0n) is 9.25. The third kappa shape index (κ3) is 2.93. The zero-order valence-corrected chi connectivity index (χ0v) is 10.0. The number of benzene rings is 2. The maximum atomic E-state index is 11.0. The molecule has 0 atom stereocenters. The molecule has 0 aliphatic heterocycles. The lowest BCUT2D eigenvalue weighted by atomic mass is 10.2. The minimum Gasteiger partial charge on any atom is -0.478 e. The van der Waals surface area contributed by atoms with E-state index in [1.807, 2.05) is 18.2 Å². The van der Waals surface area contributed by atoms with Crippen LogP contribution in [0.1, 0.15) is 10.4 Å². The van der Waals surface area contributed by atoms with Gasteiger partial charge in [-0.15, -0.1) is 5.11 Å². The summed E-state index contributed by atoms with van der Waals surface area (Å²) in [7, 11) is 0. The molecule has 0 saturated carbocycles. The standard InChI is InChI=1S/C13H9ClN2O2/c14-9-6-7-12(11(8-9)13(17)18)16-15-10-4-2-1-3-5-10/h1-8H,(H,17,18). The summed E-state index contributed by atoms with van der Waals surface area (Å²) in [6.07, 6.45) is 0. The van der Waals surface area contributed by atoms with Crippen molar-refractivity contribution in [3.63, 3.8) is 0 Å². The fourth-order valence-corrected chi connectivity index (χ4v) is 1.55. The van der Waals surface area contributed by atoms with Gasteiger partial charge >= 0.3 is 5.97 Å². The van der Waals surface area contributed by atoms with Gasteiger partial charge in [-0.1, -0.05) is 29.8 Å². The predicted molar refractivity (Wildman–Crippen MR) is 69.0 cm³/mol. The SMILES string of the molecule is O=C(O)c1cc(Cl)ccc1N=Nc1ccccc1. The normalized spacial score (nSPS) is 10.7. The van der Waals surface area contributed by atoms with Crippen LogP contribution in [0.5, 0.6) is 0 Å². The number of carboxylic acid groups (broad SMARTS) is 1. The first-order valence-corrected chi connectivity index (χ1v) is 5.54. The number of azo groups is 1. The van der Waals surface area contributed by atoms with Gasteiger partial charge in [-0.25, -0.2) is 4.79 Å². The Bertz CT molecular complexity index is 597. The molecule has 90 valence electrons. The molecule has 0 fully saturated rings. The van der Waals surface area contributed by atoms with Crippen molar-refractivity contribution in [2.24, 2.45) is 10.2 Å². The van der Waals surface area contributed by atoms with E-state index in [2.05, 4.69) is 10.2 Å². The molecule has 1 N–H and O–H groups in total. The van der Waals surface area contributed by atoms with Crippen LogP contribution < -0.4 is 0 Å². The molecule has 5 heteroatoms. The number of carbonyl (C=O) groups is 1. The van der Waals surface area contributed by atoms with Crippen LogP contribution in [0.2, 0.25) is 5.02 Å². The second-order valence-corrected chi connectivity index (χ2v) is 3.94. The van der Waals surface area contributed by atoms with E-state index in [0.29, 0.717) is 10.7 Å². The van der Waals surface area contributed by atoms with Gasteiger partial charge in [0.2, 0.25) is 0 Å². The number of aromatic carboxylic acids is 1. The van der Waals surface area contributed by atoms with Gasteiger partial charge in [0.25, 0.3) is 0 Å². The van der Waals surface area contributed by atoms with E-state index in [-0.39, 0.29) is 11.3 Å². The molecule has 0 aliphatic rings. The average molecular weight is 261 g/mol. The van der Waals surface area contributed by atoms with Crippen molar-refractivity contribution in [3.8, 4) is 0 Å². The van der Waals surface area contributed by atoms with Gasteiger partial charge in [0.05, 0.1) is 11.3 Å². The summed E-state index contributed by atoms with van der Waals surface area (Å²) < 4.78 is 0. The highest BCUT2D eigenvalue weighted by molar-refractivity contribution is 6.31. The van der Waals surface area contributed by atoms with E-state index in [1.165, 1.54) is 12.1 Å². The summed E-state index contributed by atoms with van der Waals surface area (Å²) in [5.74, 6) is -1.08. The Kier molecular flexibility index (Phi) is 3.69. The fraction of sp³-hybridized carbons (Fsp3) is 0. The maximum Gasteiger partial charge on any atom is 0.338 e. The van der Waals surface area contributed by atoms with Crippen LogP contribution in [0.25, 0.3) is 0 Å². The van der Waals surface area contributed by atoms with E-state index in [0.717, 1.165) is 0 Å².